The molecule has 0 radical (unpaired) electrons. The second-order valence-electron chi connectivity index (χ2n) is 8.76. The normalized spacial score (nSPS) is 51.7. The van der Waals surface area contributed by atoms with E-state index in [-0.39, 0.29) is 0 Å². The van der Waals surface area contributed by atoms with E-state index in [0.717, 1.165) is 17.8 Å². The summed E-state index contributed by atoms with van der Waals surface area (Å²) in [6.07, 6.45) is 14.7. The van der Waals surface area contributed by atoms with Crippen molar-refractivity contribution in [2.45, 2.75) is 77.2 Å². The van der Waals surface area contributed by atoms with Gasteiger partial charge < -0.3 is 5.73 Å². The lowest BCUT2D eigenvalue weighted by molar-refractivity contribution is -0.114. The van der Waals surface area contributed by atoms with E-state index in [4.69, 9.17) is 5.73 Å². The third kappa shape index (κ3) is 1.85. The third-order valence-electron chi connectivity index (χ3n) is 6.77. The predicted octanol–water partition coefficient (Wildman–Crippen LogP) is 4.11. The summed E-state index contributed by atoms with van der Waals surface area (Å²) >= 11 is 0. The molecule has 5 saturated carbocycles. The van der Waals surface area contributed by atoms with Crippen LogP contribution in [0.15, 0.2) is 0 Å². The van der Waals surface area contributed by atoms with Crippen molar-refractivity contribution in [1.29, 1.82) is 0 Å². The van der Waals surface area contributed by atoms with Crippen LogP contribution in [0.5, 0.6) is 0 Å². The second-order valence-corrected chi connectivity index (χ2v) is 8.76. The molecule has 0 aromatic carbocycles. The lowest BCUT2D eigenvalue weighted by Gasteiger charge is -2.63. The van der Waals surface area contributed by atoms with Crippen LogP contribution in [-0.4, -0.2) is 6.04 Å². The van der Waals surface area contributed by atoms with E-state index in [1.165, 1.54) is 64.2 Å². The van der Waals surface area contributed by atoms with Crippen LogP contribution in [-0.2, 0) is 0 Å². The van der Waals surface area contributed by atoms with Crippen LogP contribution in [0.1, 0.15) is 71.1 Å². The quantitative estimate of drug-likeness (QED) is 0.795. The molecule has 18 heavy (non-hydrogen) atoms. The van der Waals surface area contributed by atoms with E-state index in [1.54, 1.807) is 0 Å². The first-order valence-electron chi connectivity index (χ1n) is 8.33. The Bertz CT molecular complexity index is 330. The molecule has 0 heterocycles. The molecule has 0 spiro atoms. The highest BCUT2D eigenvalue weighted by Crippen LogP contribution is 2.66. The minimum Gasteiger partial charge on any atom is -0.327 e. The number of nitrogens with two attached hydrogens (primary N) is 1. The maximum Gasteiger partial charge on any atom is 0.00960 e. The van der Waals surface area contributed by atoms with Crippen molar-refractivity contribution in [3.05, 3.63) is 0 Å². The highest BCUT2D eigenvalue weighted by Gasteiger charge is 2.57. The number of rotatable bonds is 4. The molecule has 0 saturated heterocycles. The topological polar surface area (TPSA) is 26.0 Å². The van der Waals surface area contributed by atoms with Crippen molar-refractivity contribution in [1.82, 2.24) is 0 Å². The van der Waals surface area contributed by atoms with Crippen molar-refractivity contribution in [3.63, 3.8) is 0 Å². The molecule has 5 aliphatic carbocycles. The predicted molar refractivity (Wildman–Crippen MR) is 75.2 cm³/mol. The summed E-state index contributed by atoms with van der Waals surface area (Å²) in [7, 11) is 0. The zero-order chi connectivity index (χ0) is 12.4. The van der Waals surface area contributed by atoms with Gasteiger partial charge in [0.05, 0.1) is 0 Å². The highest BCUT2D eigenvalue weighted by molar-refractivity contribution is 5.09. The Hall–Kier alpha value is -0.0400. The van der Waals surface area contributed by atoms with Crippen LogP contribution in [0, 0.1) is 28.6 Å². The van der Waals surface area contributed by atoms with E-state index in [2.05, 4.69) is 6.92 Å². The molecule has 0 aliphatic heterocycles. The maximum absolute atomic E-state index is 6.71. The molecule has 0 aromatic rings. The van der Waals surface area contributed by atoms with E-state index in [9.17, 15) is 0 Å². The Morgan fingerprint density at radius 1 is 1.11 bits per heavy atom. The molecular formula is C17H29N. The first kappa shape index (κ1) is 11.8. The molecule has 2 N–H and O–H groups in total. The molecule has 5 rings (SSSR count). The minimum atomic E-state index is 0.517. The summed E-state index contributed by atoms with van der Waals surface area (Å²) in [5.74, 6) is 3.12. The van der Waals surface area contributed by atoms with Crippen molar-refractivity contribution in [2.24, 2.45) is 34.3 Å². The Morgan fingerprint density at radius 3 is 2.33 bits per heavy atom. The number of hydrogen-bond acceptors (Lipinski definition) is 1. The fraction of sp³-hybridized carbons (Fsp3) is 1.00. The monoisotopic (exact) mass is 247 g/mol. The van der Waals surface area contributed by atoms with Crippen LogP contribution in [0.4, 0.5) is 0 Å². The van der Waals surface area contributed by atoms with Gasteiger partial charge in [-0.15, -0.1) is 0 Å². The Labute approximate surface area is 112 Å². The zero-order valence-corrected chi connectivity index (χ0v) is 12.0. The SMILES string of the molecule is CC12CC3CC(C1)CC(C(N)CCC1CC1)(C3)C2. The summed E-state index contributed by atoms with van der Waals surface area (Å²) in [6.45, 7) is 2.56. The summed E-state index contributed by atoms with van der Waals surface area (Å²) in [5.41, 5.74) is 7.94. The van der Waals surface area contributed by atoms with Gasteiger partial charge in [-0.25, -0.2) is 0 Å². The van der Waals surface area contributed by atoms with Gasteiger partial charge in [0.2, 0.25) is 0 Å². The molecule has 4 bridgehead atoms. The fourth-order valence-electron chi connectivity index (χ4n) is 6.36. The van der Waals surface area contributed by atoms with Crippen LogP contribution in [0.3, 0.4) is 0 Å². The second kappa shape index (κ2) is 3.75. The van der Waals surface area contributed by atoms with E-state index < -0.39 is 0 Å². The molecule has 3 unspecified atom stereocenters. The molecule has 3 atom stereocenters. The van der Waals surface area contributed by atoms with E-state index in [1.807, 2.05) is 0 Å². The fourth-order valence-corrected chi connectivity index (χ4v) is 6.36. The molecule has 102 valence electrons. The van der Waals surface area contributed by atoms with Crippen LogP contribution in [0.25, 0.3) is 0 Å². The minimum absolute atomic E-state index is 0.517. The first-order valence-corrected chi connectivity index (χ1v) is 8.33. The largest absolute Gasteiger partial charge is 0.327 e. The lowest BCUT2D eigenvalue weighted by Crippen LogP contribution is -2.57. The Balaban J connectivity index is 1.51. The van der Waals surface area contributed by atoms with E-state index in [0.29, 0.717) is 16.9 Å². The van der Waals surface area contributed by atoms with Crippen molar-refractivity contribution in [2.75, 3.05) is 0 Å². The summed E-state index contributed by atoms with van der Waals surface area (Å²) < 4.78 is 0. The van der Waals surface area contributed by atoms with Gasteiger partial charge >= 0.3 is 0 Å². The Kier molecular flexibility index (Phi) is 2.45. The van der Waals surface area contributed by atoms with E-state index >= 15 is 0 Å². The Morgan fingerprint density at radius 2 is 1.78 bits per heavy atom. The molecule has 5 fully saturated rings. The zero-order valence-electron chi connectivity index (χ0n) is 12.0. The van der Waals surface area contributed by atoms with Crippen LogP contribution in [0.2, 0.25) is 0 Å². The summed E-state index contributed by atoms with van der Waals surface area (Å²) in [4.78, 5) is 0. The smallest absolute Gasteiger partial charge is 0.00960 e. The average molecular weight is 247 g/mol. The van der Waals surface area contributed by atoms with Crippen LogP contribution < -0.4 is 5.73 Å². The molecule has 5 aliphatic rings. The molecule has 1 heteroatoms. The first-order chi connectivity index (χ1) is 8.57. The maximum atomic E-state index is 6.71. The van der Waals surface area contributed by atoms with Crippen LogP contribution >= 0.6 is 0 Å². The summed E-state index contributed by atoms with van der Waals surface area (Å²) in [6, 6.07) is 0.517. The van der Waals surface area contributed by atoms with Gasteiger partial charge in [0, 0.05) is 6.04 Å². The van der Waals surface area contributed by atoms with Gasteiger partial charge in [0.25, 0.3) is 0 Å². The van der Waals surface area contributed by atoms with Crippen molar-refractivity contribution >= 4 is 0 Å². The van der Waals surface area contributed by atoms with Gasteiger partial charge in [0.1, 0.15) is 0 Å². The van der Waals surface area contributed by atoms with Gasteiger partial charge in [-0.3, -0.25) is 0 Å². The summed E-state index contributed by atoms with van der Waals surface area (Å²) in [5, 5.41) is 0. The molecule has 0 aromatic heterocycles. The van der Waals surface area contributed by atoms with Gasteiger partial charge in [0.15, 0.2) is 0 Å². The lowest BCUT2D eigenvalue weighted by atomic mass is 9.43. The molecule has 1 nitrogen and oxygen atoms in total. The number of hydrogen-bond donors (Lipinski definition) is 1. The van der Waals surface area contributed by atoms with Crippen molar-refractivity contribution in [3.8, 4) is 0 Å². The van der Waals surface area contributed by atoms with Crippen molar-refractivity contribution < 1.29 is 0 Å². The third-order valence-corrected chi connectivity index (χ3v) is 6.77. The molecular weight excluding hydrogens is 218 g/mol. The molecule has 0 amide bonds. The highest BCUT2D eigenvalue weighted by atomic mass is 14.7. The van der Waals surface area contributed by atoms with Gasteiger partial charge in [-0.1, -0.05) is 19.8 Å². The standard InChI is InChI=1S/C17H29N/c1-16-7-13-6-14(8-16)10-17(9-13,11-16)15(18)5-4-12-2-3-12/h12-15H,2-11,18H2,1H3. The van der Waals surface area contributed by atoms with Gasteiger partial charge in [-0.05, 0) is 80.0 Å². The van der Waals surface area contributed by atoms with Gasteiger partial charge in [-0.2, -0.15) is 0 Å². The average Bonchev–Trinajstić information content (AvgIpc) is 3.05.